The molecule has 1 spiro atoms. The van der Waals surface area contributed by atoms with Gasteiger partial charge < -0.3 is 10.6 Å². The number of hydrogen-bond acceptors (Lipinski definition) is 7. The smallest absolute Gasteiger partial charge is 0.257 e. The fourth-order valence-electron chi connectivity index (χ4n) is 6.04. The van der Waals surface area contributed by atoms with Crippen molar-refractivity contribution in [3.05, 3.63) is 23.4 Å². The highest BCUT2D eigenvalue weighted by atomic mass is 32.1. The van der Waals surface area contributed by atoms with Crippen molar-refractivity contribution in [2.24, 2.45) is 5.41 Å². The lowest BCUT2D eigenvalue weighted by atomic mass is 9.77. The van der Waals surface area contributed by atoms with E-state index in [1.54, 1.807) is 0 Å². The van der Waals surface area contributed by atoms with Crippen LogP contribution in [0, 0.1) is 12.3 Å². The zero-order valence-corrected chi connectivity index (χ0v) is 21.0. The average Bonchev–Trinajstić information content (AvgIpc) is 3.24. The van der Waals surface area contributed by atoms with Gasteiger partial charge in [0.2, 0.25) is 11.8 Å². The molecule has 5 heterocycles. The third kappa shape index (κ3) is 3.79. The van der Waals surface area contributed by atoms with Crippen molar-refractivity contribution in [3.63, 3.8) is 0 Å². The Balaban J connectivity index is 1.26. The Morgan fingerprint density at radius 2 is 1.94 bits per heavy atom. The van der Waals surface area contributed by atoms with Crippen LogP contribution in [0.3, 0.4) is 0 Å². The molecule has 0 radical (unpaired) electrons. The molecule has 0 aliphatic carbocycles. The number of carbonyl (C=O) groups excluding carboxylic acids is 3. The van der Waals surface area contributed by atoms with E-state index in [2.05, 4.69) is 9.88 Å². The van der Waals surface area contributed by atoms with Crippen LogP contribution in [0.15, 0.2) is 12.1 Å². The molecule has 0 aromatic carbocycles. The Bertz CT molecular complexity index is 1150. The molecule has 0 bridgehead atoms. The van der Waals surface area contributed by atoms with Crippen LogP contribution in [0.2, 0.25) is 0 Å². The van der Waals surface area contributed by atoms with Crippen LogP contribution >= 0.6 is 11.3 Å². The van der Waals surface area contributed by atoms with Crippen LogP contribution < -0.4 is 5.73 Å². The van der Waals surface area contributed by atoms with Gasteiger partial charge in [-0.05, 0) is 65.1 Å². The number of nitrogens with two attached hydrogens (primary N) is 1. The van der Waals surface area contributed by atoms with Crippen molar-refractivity contribution in [1.29, 1.82) is 0 Å². The van der Waals surface area contributed by atoms with Crippen LogP contribution in [-0.4, -0.2) is 75.7 Å². The SMILES string of the molecule is Cc1ccc2c(C(=O)N3CCC(N4CCCC5(CC(=O)N(C(C)C)C5=O)C4)CC3)c(N)sc2n1. The highest BCUT2D eigenvalue weighted by molar-refractivity contribution is 7.22. The van der Waals surface area contributed by atoms with Gasteiger partial charge in [0.1, 0.15) is 9.83 Å². The summed E-state index contributed by atoms with van der Waals surface area (Å²) in [6.07, 6.45) is 3.75. The maximum absolute atomic E-state index is 13.4. The number of aryl methyl sites for hydroxylation is 1. The van der Waals surface area contributed by atoms with Crippen molar-refractivity contribution in [3.8, 4) is 0 Å². The number of nitrogens with zero attached hydrogens (tertiary/aromatic N) is 4. The molecule has 2 N–H and O–H groups in total. The standard InChI is InChI=1S/C25H33N5O3S/c1-15(2)30-19(31)13-25(24(30)33)9-4-10-29(14-25)17-7-11-28(12-8-17)23(32)20-18-6-5-16(3)27-22(18)34-21(20)26/h5-6,15,17H,4,7-14,26H2,1-3H3. The van der Waals surface area contributed by atoms with E-state index in [1.165, 1.54) is 16.2 Å². The second-order valence-corrected chi connectivity index (χ2v) is 11.4. The van der Waals surface area contributed by atoms with Gasteiger partial charge in [-0.25, -0.2) is 4.98 Å². The first kappa shape index (κ1) is 23.2. The molecule has 3 fully saturated rings. The Morgan fingerprint density at radius 1 is 1.21 bits per heavy atom. The van der Waals surface area contributed by atoms with E-state index >= 15 is 0 Å². The van der Waals surface area contributed by atoms with E-state index in [-0.39, 0.29) is 23.8 Å². The molecule has 182 valence electrons. The van der Waals surface area contributed by atoms with Crippen molar-refractivity contribution in [2.75, 3.05) is 31.9 Å². The number of hydrogen-bond donors (Lipinski definition) is 1. The van der Waals surface area contributed by atoms with Crippen LogP contribution in [0.4, 0.5) is 5.00 Å². The monoisotopic (exact) mass is 483 g/mol. The average molecular weight is 484 g/mol. The predicted octanol–water partition coefficient (Wildman–Crippen LogP) is 3.04. The lowest BCUT2D eigenvalue weighted by molar-refractivity contribution is -0.145. The molecule has 5 rings (SSSR count). The number of nitrogen functional groups attached to an aromatic ring is 1. The van der Waals surface area contributed by atoms with Gasteiger partial charge in [-0.15, -0.1) is 0 Å². The zero-order chi connectivity index (χ0) is 24.2. The van der Waals surface area contributed by atoms with E-state index in [0.717, 1.165) is 48.1 Å². The molecule has 9 heteroatoms. The largest absolute Gasteiger partial charge is 0.390 e. The molecule has 1 atom stereocenters. The topological polar surface area (TPSA) is 99.8 Å². The third-order valence-corrected chi connectivity index (χ3v) is 8.69. The van der Waals surface area contributed by atoms with Crippen molar-refractivity contribution in [1.82, 2.24) is 19.7 Å². The molecular weight excluding hydrogens is 450 g/mol. The van der Waals surface area contributed by atoms with Gasteiger partial charge in [-0.2, -0.15) is 0 Å². The van der Waals surface area contributed by atoms with Gasteiger partial charge in [-0.3, -0.25) is 24.2 Å². The van der Waals surface area contributed by atoms with E-state index in [9.17, 15) is 14.4 Å². The van der Waals surface area contributed by atoms with Crippen LogP contribution in [0.1, 0.15) is 62.0 Å². The summed E-state index contributed by atoms with van der Waals surface area (Å²) < 4.78 is 0. The molecule has 3 amide bonds. The molecule has 3 saturated heterocycles. The van der Waals surface area contributed by atoms with Crippen molar-refractivity contribution >= 4 is 44.3 Å². The molecular formula is C25H33N5O3S. The Hall–Kier alpha value is -2.52. The first-order valence-corrected chi connectivity index (χ1v) is 13.1. The maximum Gasteiger partial charge on any atom is 0.257 e. The van der Waals surface area contributed by atoms with Gasteiger partial charge in [-0.1, -0.05) is 11.3 Å². The number of thiophene rings is 1. The number of rotatable bonds is 3. The summed E-state index contributed by atoms with van der Waals surface area (Å²) in [7, 11) is 0. The van der Waals surface area contributed by atoms with Crippen LogP contribution in [-0.2, 0) is 9.59 Å². The highest BCUT2D eigenvalue weighted by Crippen LogP contribution is 2.43. The number of pyridine rings is 1. The van der Waals surface area contributed by atoms with E-state index in [0.29, 0.717) is 42.7 Å². The first-order valence-electron chi connectivity index (χ1n) is 12.3. The van der Waals surface area contributed by atoms with Crippen molar-refractivity contribution < 1.29 is 14.4 Å². The highest BCUT2D eigenvalue weighted by Gasteiger charge is 2.54. The van der Waals surface area contributed by atoms with Gasteiger partial charge in [0.05, 0.1) is 11.0 Å². The second-order valence-electron chi connectivity index (χ2n) is 10.4. The number of aromatic nitrogens is 1. The fraction of sp³-hybridized carbons (Fsp3) is 0.600. The summed E-state index contributed by atoms with van der Waals surface area (Å²) in [4.78, 5) is 50.3. The summed E-state index contributed by atoms with van der Waals surface area (Å²) in [5.74, 6) is -0.0480. The number of amides is 3. The van der Waals surface area contributed by atoms with E-state index < -0.39 is 5.41 Å². The zero-order valence-electron chi connectivity index (χ0n) is 20.2. The fourth-order valence-corrected chi connectivity index (χ4v) is 7.02. The van der Waals surface area contributed by atoms with E-state index in [4.69, 9.17) is 5.73 Å². The van der Waals surface area contributed by atoms with Gasteiger partial charge >= 0.3 is 0 Å². The third-order valence-electron chi connectivity index (χ3n) is 7.76. The number of anilines is 1. The Morgan fingerprint density at radius 3 is 2.62 bits per heavy atom. The molecule has 3 aliphatic rings. The minimum absolute atomic E-state index is 0.00784. The van der Waals surface area contributed by atoms with E-state index in [1.807, 2.05) is 37.8 Å². The quantitative estimate of drug-likeness (QED) is 0.674. The first-order chi connectivity index (χ1) is 16.2. The molecule has 3 aliphatic heterocycles. The maximum atomic E-state index is 13.4. The number of likely N-dealkylation sites (tertiary alicyclic amines) is 3. The van der Waals surface area contributed by atoms with Crippen molar-refractivity contribution in [2.45, 2.75) is 65.0 Å². The number of imide groups is 1. The normalized spacial score (nSPS) is 24.8. The predicted molar refractivity (Wildman–Crippen MR) is 133 cm³/mol. The summed E-state index contributed by atoms with van der Waals surface area (Å²) >= 11 is 1.37. The van der Waals surface area contributed by atoms with Crippen LogP contribution in [0.5, 0.6) is 0 Å². The van der Waals surface area contributed by atoms with Crippen LogP contribution in [0.25, 0.3) is 10.2 Å². The minimum atomic E-state index is -0.568. The summed E-state index contributed by atoms with van der Waals surface area (Å²) in [5, 5.41) is 1.36. The lowest BCUT2D eigenvalue weighted by Gasteiger charge is -2.45. The number of piperidine rings is 2. The molecule has 2 aromatic heterocycles. The lowest BCUT2D eigenvalue weighted by Crippen LogP contribution is -2.54. The molecule has 34 heavy (non-hydrogen) atoms. The summed E-state index contributed by atoms with van der Waals surface area (Å²) in [6.45, 7) is 8.65. The molecule has 2 aromatic rings. The molecule has 8 nitrogen and oxygen atoms in total. The Kier molecular flexibility index (Phi) is 5.88. The van der Waals surface area contributed by atoms with Gasteiger partial charge in [0.15, 0.2) is 0 Å². The van der Waals surface area contributed by atoms with Gasteiger partial charge in [0.25, 0.3) is 5.91 Å². The molecule has 0 saturated carbocycles. The second kappa shape index (κ2) is 8.61. The minimum Gasteiger partial charge on any atom is -0.390 e. The Labute approximate surface area is 204 Å². The molecule has 1 unspecified atom stereocenters. The van der Waals surface area contributed by atoms with Gasteiger partial charge in [0, 0.05) is 49.2 Å². The number of carbonyl (C=O) groups is 3. The summed E-state index contributed by atoms with van der Waals surface area (Å²) in [6, 6.07) is 4.08. The summed E-state index contributed by atoms with van der Waals surface area (Å²) in [5.41, 5.74) is 7.15. The number of fused-ring (bicyclic) bond motifs is 1.